The molecule has 4 nitrogen and oxygen atoms in total. The van der Waals surface area contributed by atoms with Gasteiger partial charge in [-0.15, -0.1) is 0 Å². The normalized spacial score (nSPS) is 10.7. The fourth-order valence-electron chi connectivity index (χ4n) is 3.23. The van der Waals surface area contributed by atoms with Crippen LogP contribution in [-0.4, -0.2) is 4.92 Å². The Morgan fingerprint density at radius 1 is 0.960 bits per heavy atom. The summed E-state index contributed by atoms with van der Waals surface area (Å²) < 4.78 is 0. The van der Waals surface area contributed by atoms with Crippen LogP contribution >= 0.6 is 0 Å². The minimum absolute atomic E-state index is 0.0367. The summed E-state index contributed by atoms with van der Waals surface area (Å²) in [4.78, 5) is 11.5. The van der Waals surface area contributed by atoms with Crippen molar-refractivity contribution in [3.8, 4) is 17.2 Å². The van der Waals surface area contributed by atoms with E-state index in [1.54, 1.807) is 36.4 Å². The van der Waals surface area contributed by atoms with Gasteiger partial charge in [0, 0.05) is 10.9 Å². The van der Waals surface area contributed by atoms with Crippen molar-refractivity contribution in [2.75, 3.05) is 0 Å². The molecule has 0 aliphatic heterocycles. The molecule has 0 saturated carbocycles. The fraction of sp³-hybridized carbons (Fsp3) is 0. The van der Waals surface area contributed by atoms with Gasteiger partial charge >= 0.3 is 0 Å². The Bertz CT molecular complexity index is 1180. The van der Waals surface area contributed by atoms with Crippen molar-refractivity contribution in [1.82, 2.24) is 0 Å². The van der Waals surface area contributed by atoms with Crippen LogP contribution in [0, 0.1) is 27.5 Å². The zero-order valence-corrected chi connectivity index (χ0v) is 13.1. The van der Waals surface area contributed by atoms with Gasteiger partial charge in [-0.3, -0.25) is 10.1 Å². The quantitative estimate of drug-likeness (QED) is 0.374. The highest BCUT2D eigenvalue weighted by molar-refractivity contribution is 6.06. The van der Waals surface area contributed by atoms with Crippen molar-refractivity contribution < 1.29 is 4.92 Å². The Morgan fingerprint density at radius 2 is 1.76 bits per heavy atom. The molecule has 0 aliphatic rings. The molecule has 4 heteroatoms. The summed E-state index contributed by atoms with van der Waals surface area (Å²) in [7, 11) is 0. The number of nitro groups is 1. The molecule has 0 atom stereocenters. The lowest BCUT2D eigenvalue weighted by Crippen LogP contribution is -1.95. The van der Waals surface area contributed by atoms with Crippen LogP contribution in [-0.2, 0) is 0 Å². The lowest BCUT2D eigenvalue weighted by atomic mass is 9.92. The second kappa shape index (κ2) is 5.73. The first-order valence-corrected chi connectivity index (χ1v) is 7.71. The molecule has 0 aliphatic carbocycles. The molecule has 0 N–H and O–H groups in total. The molecule has 0 aromatic heterocycles. The second-order valence-corrected chi connectivity index (χ2v) is 5.67. The molecule has 1 radical (unpaired) electrons. The van der Waals surface area contributed by atoms with Crippen LogP contribution in [0.1, 0.15) is 5.56 Å². The summed E-state index contributed by atoms with van der Waals surface area (Å²) in [6.45, 7) is 0. The highest BCUT2D eigenvalue weighted by atomic mass is 16.6. The van der Waals surface area contributed by atoms with Crippen molar-refractivity contribution >= 4 is 27.2 Å². The van der Waals surface area contributed by atoms with E-state index in [2.05, 4.69) is 12.1 Å². The van der Waals surface area contributed by atoms with E-state index in [4.69, 9.17) is 0 Å². The summed E-state index contributed by atoms with van der Waals surface area (Å²) in [5, 5.41) is 24.2. The Morgan fingerprint density at radius 3 is 2.56 bits per heavy atom. The predicted octanol–water partition coefficient (Wildman–Crippen LogP) is 5.24. The number of nitriles is 1. The number of rotatable bonds is 2. The van der Waals surface area contributed by atoms with E-state index in [-0.39, 0.29) is 10.6 Å². The standard InChI is InChI=1S/C21H11N2O2/c22-13-16-8-3-6-15-7-4-10-18(20(15)16)19-12-11-14-5-1-2-9-17(14)21(19)23(24)25/h1-9,11-12H. The maximum atomic E-state index is 11.8. The molecular formula is C21H11N2O2. The largest absolute Gasteiger partial charge is 0.284 e. The van der Waals surface area contributed by atoms with Gasteiger partial charge in [-0.1, -0.05) is 48.5 Å². The Balaban J connectivity index is 2.17. The van der Waals surface area contributed by atoms with Crippen molar-refractivity contribution in [3.05, 3.63) is 88.5 Å². The van der Waals surface area contributed by atoms with Crippen LogP contribution in [0.4, 0.5) is 5.69 Å². The number of hydrogen-bond acceptors (Lipinski definition) is 3. The first-order valence-electron chi connectivity index (χ1n) is 7.71. The van der Waals surface area contributed by atoms with E-state index < -0.39 is 0 Å². The molecule has 4 aromatic rings. The smallest absolute Gasteiger partial charge is 0.258 e. The van der Waals surface area contributed by atoms with Gasteiger partial charge < -0.3 is 0 Å². The molecule has 0 saturated heterocycles. The summed E-state index contributed by atoms with van der Waals surface area (Å²) in [6.07, 6.45) is 0. The SMILES string of the molecule is N#Cc1cccc2cc[c]c(-c3ccc4ccccc4c3[N+](=O)[O-])c12. The molecule has 4 aromatic carbocycles. The molecule has 25 heavy (non-hydrogen) atoms. The first kappa shape index (κ1) is 14.9. The van der Waals surface area contributed by atoms with Gasteiger partial charge in [0.05, 0.1) is 27.5 Å². The first-order chi connectivity index (χ1) is 12.2. The van der Waals surface area contributed by atoms with Gasteiger partial charge in [-0.25, -0.2) is 0 Å². The Kier molecular flexibility index (Phi) is 3.41. The van der Waals surface area contributed by atoms with E-state index in [0.29, 0.717) is 27.5 Å². The molecule has 0 bridgehead atoms. The van der Waals surface area contributed by atoms with Gasteiger partial charge in [0.2, 0.25) is 0 Å². The average Bonchev–Trinajstić information content (AvgIpc) is 2.65. The van der Waals surface area contributed by atoms with Gasteiger partial charge in [0.25, 0.3) is 5.69 Å². The molecular weight excluding hydrogens is 312 g/mol. The molecule has 4 rings (SSSR count). The zero-order valence-electron chi connectivity index (χ0n) is 13.1. The number of benzene rings is 4. The van der Waals surface area contributed by atoms with Gasteiger partial charge in [-0.2, -0.15) is 5.26 Å². The lowest BCUT2D eigenvalue weighted by Gasteiger charge is -2.10. The summed E-state index contributed by atoms with van der Waals surface area (Å²) in [5.74, 6) is 0. The highest BCUT2D eigenvalue weighted by Crippen LogP contribution is 2.40. The zero-order chi connectivity index (χ0) is 17.4. The number of hydrogen-bond donors (Lipinski definition) is 0. The number of nitro benzene ring substituents is 1. The van der Waals surface area contributed by atoms with Crippen LogP contribution in [0.25, 0.3) is 32.7 Å². The lowest BCUT2D eigenvalue weighted by molar-refractivity contribution is -0.382. The average molecular weight is 323 g/mol. The van der Waals surface area contributed by atoms with Crippen molar-refractivity contribution in [2.45, 2.75) is 0 Å². The number of nitrogens with zero attached hydrogens (tertiary/aromatic N) is 2. The van der Waals surface area contributed by atoms with Gasteiger partial charge in [-0.05, 0) is 35.0 Å². The van der Waals surface area contributed by atoms with Crippen LogP contribution in [0.5, 0.6) is 0 Å². The Labute approximate surface area is 143 Å². The predicted molar refractivity (Wildman–Crippen MR) is 97.1 cm³/mol. The van der Waals surface area contributed by atoms with Crippen LogP contribution in [0.3, 0.4) is 0 Å². The summed E-state index contributed by atoms with van der Waals surface area (Å²) >= 11 is 0. The number of fused-ring (bicyclic) bond motifs is 2. The molecule has 0 amide bonds. The maximum Gasteiger partial charge on any atom is 0.284 e. The van der Waals surface area contributed by atoms with E-state index in [1.807, 2.05) is 30.3 Å². The minimum atomic E-state index is -0.362. The third kappa shape index (κ3) is 2.30. The molecule has 0 spiro atoms. The van der Waals surface area contributed by atoms with Gasteiger partial charge in [0.1, 0.15) is 0 Å². The van der Waals surface area contributed by atoms with Crippen molar-refractivity contribution in [1.29, 1.82) is 5.26 Å². The fourth-order valence-corrected chi connectivity index (χ4v) is 3.23. The van der Waals surface area contributed by atoms with Crippen LogP contribution in [0.15, 0.2) is 66.7 Å². The highest BCUT2D eigenvalue weighted by Gasteiger charge is 2.21. The van der Waals surface area contributed by atoms with E-state index >= 15 is 0 Å². The minimum Gasteiger partial charge on any atom is -0.258 e. The Hall–Kier alpha value is -3.71. The second-order valence-electron chi connectivity index (χ2n) is 5.67. The molecule has 0 unspecified atom stereocenters. The van der Waals surface area contributed by atoms with E-state index in [1.165, 1.54) is 0 Å². The van der Waals surface area contributed by atoms with E-state index in [0.717, 1.165) is 10.8 Å². The van der Waals surface area contributed by atoms with Crippen molar-refractivity contribution in [2.24, 2.45) is 0 Å². The maximum absolute atomic E-state index is 11.8. The third-order valence-electron chi connectivity index (χ3n) is 4.31. The molecule has 117 valence electrons. The van der Waals surface area contributed by atoms with Crippen LogP contribution in [0.2, 0.25) is 0 Å². The van der Waals surface area contributed by atoms with E-state index in [9.17, 15) is 15.4 Å². The van der Waals surface area contributed by atoms with Crippen LogP contribution < -0.4 is 0 Å². The third-order valence-corrected chi connectivity index (χ3v) is 4.31. The summed E-state index contributed by atoms with van der Waals surface area (Å²) in [5.41, 5.74) is 1.56. The molecule has 0 heterocycles. The monoisotopic (exact) mass is 323 g/mol. The van der Waals surface area contributed by atoms with Crippen molar-refractivity contribution in [3.63, 3.8) is 0 Å². The van der Waals surface area contributed by atoms with Gasteiger partial charge in [0.15, 0.2) is 0 Å². The summed E-state index contributed by atoms with van der Waals surface area (Å²) in [6, 6.07) is 25.1. The molecule has 0 fully saturated rings. The topological polar surface area (TPSA) is 66.9 Å².